The standard InChI is InChI=1S/C20H23NO3S2/c22-19(21-15-7-3-1-2-4-8-15)14-24-20(23)17(18-10-6-12-26-18)13-16-9-5-11-25-16/h5-6,9-13,15H,1-4,7-8,14H2,(H,21,22)/b17-13+. The first-order chi connectivity index (χ1) is 12.7. The molecular weight excluding hydrogens is 366 g/mol. The zero-order valence-corrected chi connectivity index (χ0v) is 16.2. The minimum absolute atomic E-state index is 0.210. The predicted molar refractivity (Wildman–Crippen MR) is 107 cm³/mol. The third-order valence-corrected chi connectivity index (χ3v) is 6.11. The number of ether oxygens (including phenoxy) is 1. The van der Waals surface area contributed by atoms with Crippen molar-refractivity contribution < 1.29 is 14.3 Å². The third kappa shape index (κ3) is 5.54. The zero-order chi connectivity index (χ0) is 18.2. The third-order valence-electron chi connectivity index (χ3n) is 4.39. The highest BCUT2D eigenvalue weighted by atomic mass is 32.1. The lowest BCUT2D eigenvalue weighted by Gasteiger charge is -2.16. The van der Waals surface area contributed by atoms with Crippen molar-refractivity contribution in [2.24, 2.45) is 0 Å². The molecule has 26 heavy (non-hydrogen) atoms. The van der Waals surface area contributed by atoms with Crippen molar-refractivity contribution in [1.29, 1.82) is 0 Å². The largest absolute Gasteiger partial charge is 0.452 e. The molecule has 1 N–H and O–H groups in total. The van der Waals surface area contributed by atoms with E-state index in [1.54, 1.807) is 11.3 Å². The van der Waals surface area contributed by atoms with Crippen molar-refractivity contribution in [2.75, 3.05) is 6.61 Å². The first-order valence-electron chi connectivity index (χ1n) is 8.98. The predicted octanol–water partition coefficient (Wildman–Crippen LogP) is 4.73. The smallest absolute Gasteiger partial charge is 0.340 e. The normalized spacial score (nSPS) is 16.1. The minimum atomic E-state index is -0.461. The fourth-order valence-electron chi connectivity index (χ4n) is 3.08. The molecule has 138 valence electrons. The zero-order valence-electron chi connectivity index (χ0n) is 14.6. The van der Waals surface area contributed by atoms with Crippen LogP contribution in [0, 0.1) is 0 Å². The number of rotatable bonds is 6. The van der Waals surface area contributed by atoms with E-state index in [4.69, 9.17) is 4.74 Å². The Kier molecular flexibility index (Phi) is 7.03. The number of carbonyl (C=O) groups is 2. The molecule has 1 aliphatic rings. The van der Waals surface area contributed by atoms with Crippen molar-refractivity contribution in [2.45, 2.75) is 44.6 Å². The molecule has 0 aliphatic heterocycles. The molecule has 0 spiro atoms. The van der Waals surface area contributed by atoms with Crippen molar-refractivity contribution in [3.8, 4) is 0 Å². The maximum Gasteiger partial charge on any atom is 0.340 e. The molecule has 1 amide bonds. The second kappa shape index (κ2) is 9.69. The van der Waals surface area contributed by atoms with Crippen molar-refractivity contribution >= 4 is 46.2 Å². The molecule has 1 saturated carbocycles. The summed E-state index contributed by atoms with van der Waals surface area (Å²) in [5, 5.41) is 6.88. The number of hydrogen-bond acceptors (Lipinski definition) is 5. The van der Waals surface area contributed by atoms with Gasteiger partial charge in [0.2, 0.25) is 0 Å². The molecule has 0 atom stereocenters. The van der Waals surface area contributed by atoms with Gasteiger partial charge in [-0.05, 0) is 41.8 Å². The Morgan fingerprint density at radius 3 is 2.46 bits per heavy atom. The van der Waals surface area contributed by atoms with E-state index in [1.807, 2.05) is 41.1 Å². The summed E-state index contributed by atoms with van der Waals surface area (Å²) in [6, 6.07) is 7.88. The molecule has 0 aromatic carbocycles. The molecule has 0 bridgehead atoms. The molecule has 0 saturated heterocycles. The molecule has 0 unspecified atom stereocenters. The fraction of sp³-hybridized carbons (Fsp3) is 0.400. The number of carbonyl (C=O) groups excluding carboxylic acids is 2. The van der Waals surface area contributed by atoms with Gasteiger partial charge in [-0.2, -0.15) is 0 Å². The fourth-order valence-corrected chi connectivity index (χ4v) is 4.47. The van der Waals surface area contributed by atoms with Crippen LogP contribution in [0.2, 0.25) is 0 Å². The topological polar surface area (TPSA) is 55.4 Å². The van der Waals surface area contributed by atoms with E-state index in [0.29, 0.717) is 5.57 Å². The second-order valence-corrected chi connectivity index (χ2v) is 8.31. The van der Waals surface area contributed by atoms with Gasteiger partial charge in [-0.15, -0.1) is 22.7 Å². The average Bonchev–Trinajstić information content (AvgIpc) is 3.29. The number of esters is 1. The van der Waals surface area contributed by atoms with Gasteiger partial charge in [-0.1, -0.05) is 37.8 Å². The van der Waals surface area contributed by atoms with Crippen LogP contribution < -0.4 is 5.32 Å². The van der Waals surface area contributed by atoms with Gasteiger partial charge in [0.1, 0.15) is 0 Å². The Hall–Kier alpha value is -1.92. The van der Waals surface area contributed by atoms with Crippen LogP contribution in [0.15, 0.2) is 35.0 Å². The molecule has 2 aromatic rings. The first-order valence-corrected chi connectivity index (χ1v) is 10.7. The number of hydrogen-bond donors (Lipinski definition) is 1. The molecule has 1 fully saturated rings. The van der Waals surface area contributed by atoms with Crippen molar-refractivity contribution in [1.82, 2.24) is 5.32 Å². The van der Waals surface area contributed by atoms with Crippen LogP contribution in [-0.2, 0) is 14.3 Å². The van der Waals surface area contributed by atoms with Crippen molar-refractivity contribution in [3.05, 3.63) is 44.8 Å². The lowest BCUT2D eigenvalue weighted by Crippen LogP contribution is -2.37. The second-order valence-electron chi connectivity index (χ2n) is 6.38. The average molecular weight is 390 g/mol. The highest BCUT2D eigenvalue weighted by molar-refractivity contribution is 7.12. The Balaban J connectivity index is 1.58. The van der Waals surface area contributed by atoms with Gasteiger partial charge in [-0.3, -0.25) is 4.79 Å². The molecule has 3 rings (SSSR count). The molecule has 2 heterocycles. The summed E-state index contributed by atoms with van der Waals surface area (Å²) in [6.07, 6.45) is 8.62. The summed E-state index contributed by atoms with van der Waals surface area (Å²) < 4.78 is 5.30. The lowest BCUT2D eigenvalue weighted by atomic mass is 10.1. The number of amides is 1. The molecule has 2 aromatic heterocycles. The quantitative estimate of drug-likeness (QED) is 0.441. The van der Waals surface area contributed by atoms with Crippen molar-refractivity contribution in [3.63, 3.8) is 0 Å². The highest BCUT2D eigenvalue weighted by Gasteiger charge is 2.19. The van der Waals surface area contributed by atoms with Crippen LogP contribution in [0.25, 0.3) is 11.6 Å². The Morgan fingerprint density at radius 2 is 1.81 bits per heavy atom. The minimum Gasteiger partial charge on any atom is -0.452 e. The first kappa shape index (κ1) is 18.9. The van der Waals surface area contributed by atoms with Crippen LogP contribution in [0.1, 0.15) is 48.3 Å². The van der Waals surface area contributed by atoms with Gasteiger partial charge in [0.05, 0.1) is 5.57 Å². The van der Waals surface area contributed by atoms with E-state index < -0.39 is 5.97 Å². The van der Waals surface area contributed by atoms with Gasteiger partial charge < -0.3 is 10.1 Å². The van der Waals surface area contributed by atoms with E-state index in [-0.39, 0.29) is 18.6 Å². The van der Waals surface area contributed by atoms with E-state index in [1.165, 1.54) is 24.2 Å². The summed E-state index contributed by atoms with van der Waals surface area (Å²) in [4.78, 5) is 26.5. The van der Waals surface area contributed by atoms with Crippen LogP contribution >= 0.6 is 22.7 Å². The number of thiophene rings is 2. The summed E-state index contributed by atoms with van der Waals surface area (Å²) in [5.74, 6) is -0.677. The molecule has 4 nitrogen and oxygen atoms in total. The SMILES string of the molecule is O=C(COC(=O)/C(=C/c1cccs1)c1cccs1)NC1CCCCCC1. The van der Waals surface area contributed by atoms with E-state index in [0.717, 1.165) is 35.4 Å². The Morgan fingerprint density at radius 1 is 1.08 bits per heavy atom. The van der Waals surface area contributed by atoms with E-state index in [2.05, 4.69) is 5.32 Å². The monoisotopic (exact) mass is 389 g/mol. The Bertz CT molecular complexity index is 727. The maximum atomic E-state index is 12.6. The van der Waals surface area contributed by atoms with Gasteiger partial charge in [0, 0.05) is 15.8 Å². The summed E-state index contributed by atoms with van der Waals surface area (Å²) in [7, 11) is 0. The molecule has 6 heteroatoms. The summed E-state index contributed by atoms with van der Waals surface area (Å²) >= 11 is 3.04. The summed E-state index contributed by atoms with van der Waals surface area (Å²) in [6.45, 7) is -0.234. The van der Waals surface area contributed by atoms with Crippen LogP contribution in [0.5, 0.6) is 0 Å². The van der Waals surface area contributed by atoms with Gasteiger partial charge >= 0.3 is 5.97 Å². The van der Waals surface area contributed by atoms with Gasteiger partial charge in [0.15, 0.2) is 6.61 Å². The lowest BCUT2D eigenvalue weighted by molar-refractivity contribution is -0.143. The Labute approximate surface area is 161 Å². The van der Waals surface area contributed by atoms with E-state index in [9.17, 15) is 9.59 Å². The van der Waals surface area contributed by atoms with Crippen LogP contribution in [-0.4, -0.2) is 24.5 Å². The van der Waals surface area contributed by atoms with Crippen LogP contribution in [0.3, 0.4) is 0 Å². The van der Waals surface area contributed by atoms with Crippen LogP contribution in [0.4, 0.5) is 0 Å². The van der Waals surface area contributed by atoms with E-state index >= 15 is 0 Å². The molecule has 0 radical (unpaired) electrons. The molecular formula is C20H23NO3S2. The maximum absolute atomic E-state index is 12.6. The molecule has 1 aliphatic carbocycles. The number of nitrogens with one attached hydrogen (secondary N) is 1. The van der Waals surface area contributed by atoms with Gasteiger partial charge in [-0.25, -0.2) is 4.79 Å². The summed E-state index contributed by atoms with van der Waals surface area (Å²) in [5.41, 5.74) is 0.490. The van der Waals surface area contributed by atoms with Gasteiger partial charge in [0.25, 0.3) is 5.91 Å². The highest BCUT2D eigenvalue weighted by Crippen LogP contribution is 2.25.